The molecule has 6 heteroatoms. The molecule has 2 aliphatic heterocycles. The third-order valence-electron chi connectivity index (χ3n) is 4.69. The molecule has 3 rings (SSSR count). The van der Waals surface area contributed by atoms with E-state index < -0.39 is 0 Å². The smallest absolute Gasteiger partial charge is 0.251 e. The van der Waals surface area contributed by atoms with E-state index in [4.69, 9.17) is 4.74 Å². The quantitative estimate of drug-likeness (QED) is 0.901. The predicted octanol–water partition coefficient (Wildman–Crippen LogP) is 1.65. The summed E-state index contributed by atoms with van der Waals surface area (Å²) in [6.07, 6.45) is 1.57. The summed E-state index contributed by atoms with van der Waals surface area (Å²) in [4.78, 5) is 28.7. The molecular formula is C19H27N3O3. The van der Waals surface area contributed by atoms with Gasteiger partial charge in [-0.2, -0.15) is 0 Å². The van der Waals surface area contributed by atoms with E-state index in [-0.39, 0.29) is 24.0 Å². The van der Waals surface area contributed by atoms with Crippen LogP contribution in [0.4, 0.5) is 5.69 Å². The van der Waals surface area contributed by atoms with E-state index in [1.54, 1.807) is 0 Å². The van der Waals surface area contributed by atoms with Gasteiger partial charge < -0.3 is 19.9 Å². The van der Waals surface area contributed by atoms with Gasteiger partial charge in [-0.15, -0.1) is 0 Å². The van der Waals surface area contributed by atoms with E-state index in [1.165, 1.54) is 0 Å². The van der Waals surface area contributed by atoms with Crippen LogP contribution < -0.4 is 10.2 Å². The zero-order valence-corrected chi connectivity index (χ0v) is 15.0. The van der Waals surface area contributed by atoms with Crippen LogP contribution in [0.25, 0.3) is 0 Å². The minimum Gasteiger partial charge on any atom is -0.368 e. The highest BCUT2D eigenvalue weighted by atomic mass is 16.5. The number of anilines is 1. The number of carbonyl (C=O) groups is 2. The van der Waals surface area contributed by atoms with Gasteiger partial charge in [0, 0.05) is 50.1 Å². The molecule has 1 N–H and O–H groups in total. The summed E-state index contributed by atoms with van der Waals surface area (Å²) in [6.45, 7) is 7.53. The van der Waals surface area contributed by atoms with Crippen molar-refractivity contribution in [2.24, 2.45) is 0 Å². The van der Waals surface area contributed by atoms with Gasteiger partial charge in [0.2, 0.25) is 0 Å². The molecule has 136 valence electrons. The first-order valence-electron chi connectivity index (χ1n) is 9.11. The summed E-state index contributed by atoms with van der Waals surface area (Å²) < 4.78 is 5.50. The lowest BCUT2D eigenvalue weighted by Crippen LogP contribution is -2.51. The molecule has 2 saturated heterocycles. The number of carbonyl (C=O) groups excluding carboxylic acids is 2. The van der Waals surface area contributed by atoms with Crippen molar-refractivity contribution in [2.75, 3.05) is 37.7 Å². The van der Waals surface area contributed by atoms with Crippen LogP contribution in [-0.2, 0) is 9.53 Å². The molecule has 0 aliphatic carbocycles. The van der Waals surface area contributed by atoms with E-state index >= 15 is 0 Å². The highest BCUT2D eigenvalue weighted by Crippen LogP contribution is 2.20. The van der Waals surface area contributed by atoms with Gasteiger partial charge in [0.25, 0.3) is 11.8 Å². The van der Waals surface area contributed by atoms with Crippen molar-refractivity contribution in [2.45, 2.75) is 38.8 Å². The molecule has 6 nitrogen and oxygen atoms in total. The first-order chi connectivity index (χ1) is 12.0. The second kappa shape index (κ2) is 7.87. The summed E-state index contributed by atoms with van der Waals surface area (Å²) in [6, 6.07) is 7.80. The molecule has 1 aromatic carbocycles. The Balaban J connectivity index is 1.59. The van der Waals surface area contributed by atoms with Gasteiger partial charge in [0.15, 0.2) is 0 Å². The Hall–Kier alpha value is -2.08. The van der Waals surface area contributed by atoms with Crippen LogP contribution in [0.1, 0.15) is 37.0 Å². The molecule has 2 fully saturated rings. The van der Waals surface area contributed by atoms with E-state index in [1.807, 2.05) is 43.0 Å². The van der Waals surface area contributed by atoms with Crippen LogP contribution in [0.3, 0.4) is 0 Å². The summed E-state index contributed by atoms with van der Waals surface area (Å²) >= 11 is 0. The predicted molar refractivity (Wildman–Crippen MR) is 96.8 cm³/mol. The molecular weight excluding hydrogens is 318 g/mol. The SMILES string of the molecule is CC(C)NC(=O)c1cccc(N2CCN(C(=O)C3CCCO3)CC2)c1. The molecule has 1 aromatic rings. The van der Waals surface area contributed by atoms with Crippen molar-refractivity contribution in [3.8, 4) is 0 Å². The van der Waals surface area contributed by atoms with Gasteiger partial charge in [0.1, 0.15) is 6.10 Å². The van der Waals surface area contributed by atoms with Crippen molar-refractivity contribution in [3.05, 3.63) is 29.8 Å². The molecule has 0 aromatic heterocycles. The summed E-state index contributed by atoms with van der Waals surface area (Å²) in [7, 11) is 0. The molecule has 2 amide bonds. The normalized spacial score (nSPS) is 20.8. The monoisotopic (exact) mass is 345 g/mol. The van der Waals surface area contributed by atoms with E-state index in [2.05, 4.69) is 10.2 Å². The minimum absolute atomic E-state index is 0.0518. The van der Waals surface area contributed by atoms with Crippen molar-refractivity contribution in [1.29, 1.82) is 0 Å². The van der Waals surface area contributed by atoms with Crippen LogP contribution in [0.15, 0.2) is 24.3 Å². The van der Waals surface area contributed by atoms with Crippen LogP contribution in [0.5, 0.6) is 0 Å². The molecule has 0 radical (unpaired) electrons. The number of piperazine rings is 1. The number of nitrogens with zero attached hydrogens (tertiary/aromatic N) is 2. The second-order valence-corrected chi connectivity index (χ2v) is 6.99. The van der Waals surface area contributed by atoms with Crippen molar-refractivity contribution in [3.63, 3.8) is 0 Å². The second-order valence-electron chi connectivity index (χ2n) is 6.99. The van der Waals surface area contributed by atoms with Crippen molar-refractivity contribution >= 4 is 17.5 Å². The lowest BCUT2D eigenvalue weighted by Gasteiger charge is -2.37. The van der Waals surface area contributed by atoms with E-state index in [0.717, 1.165) is 31.6 Å². The molecule has 1 unspecified atom stereocenters. The zero-order chi connectivity index (χ0) is 17.8. The minimum atomic E-state index is -0.241. The Morgan fingerprint density at radius 1 is 1.20 bits per heavy atom. The van der Waals surface area contributed by atoms with Gasteiger partial charge in [-0.25, -0.2) is 0 Å². The Kier molecular flexibility index (Phi) is 5.58. The molecule has 2 aliphatic rings. The fourth-order valence-electron chi connectivity index (χ4n) is 3.35. The summed E-state index contributed by atoms with van der Waals surface area (Å²) in [5.41, 5.74) is 1.70. The van der Waals surface area contributed by atoms with Gasteiger partial charge >= 0.3 is 0 Å². The maximum absolute atomic E-state index is 12.4. The standard InChI is InChI=1S/C19H27N3O3/c1-14(2)20-18(23)15-5-3-6-16(13-15)21-8-10-22(11-9-21)19(24)17-7-4-12-25-17/h3,5-6,13-14,17H,4,7-12H2,1-2H3,(H,20,23). The Labute approximate surface area is 149 Å². The molecule has 1 atom stereocenters. The number of nitrogens with one attached hydrogen (secondary N) is 1. The Morgan fingerprint density at radius 3 is 2.60 bits per heavy atom. The average molecular weight is 345 g/mol. The number of amides is 2. The van der Waals surface area contributed by atoms with Crippen LogP contribution in [-0.4, -0.2) is 61.6 Å². The molecule has 0 spiro atoms. The third-order valence-corrected chi connectivity index (χ3v) is 4.69. The van der Waals surface area contributed by atoms with Crippen LogP contribution in [0, 0.1) is 0 Å². The molecule has 0 bridgehead atoms. The first kappa shape index (κ1) is 17.7. The fraction of sp³-hybridized carbons (Fsp3) is 0.579. The van der Waals surface area contributed by atoms with Gasteiger partial charge in [-0.3, -0.25) is 9.59 Å². The maximum Gasteiger partial charge on any atom is 0.251 e. The number of benzene rings is 1. The number of hydrogen-bond donors (Lipinski definition) is 1. The number of hydrogen-bond acceptors (Lipinski definition) is 4. The van der Waals surface area contributed by atoms with Gasteiger partial charge in [-0.1, -0.05) is 6.07 Å². The molecule has 2 heterocycles. The van der Waals surface area contributed by atoms with Crippen molar-refractivity contribution in [1.82, 2.24) is 10.2 Å². The number of ether oxygens (including phenoxy) is 1. The van der Waals surface area contributed by atoms with Crippen LogP contribution >= 0.6 is 0 Å². The highest BCUT2D eigenvalue weighted by Gasteiger charge is 2.30. The average Bonchev–Trinajstić information content (AvgIpc) is 3.15. The Bertz CT molecular complexity index is 618. The Morgan fingerprint density at radius 2 is 1.96 bits per heavy atom. The third kappa shape index (κ3) is 4.31. The lowest BCUT2D eigenvalue weighted by atomic mass is 10.1. The highest BCUT2D eigenvalue weighted by molar-refractivity contribution is 5.95. The summed E-state index contributed by atoms with van der Waals surface area (Å²) in [5, 5.41) is 2.92. The van der Waals surface area contributed by atoms with E-state index in [0.29, 0.717) is 25.3 Å². The topological polar surface area (TPSA) is 61.9 Å². The molecule has 0 saturated carbocycles. The lowest BCUT2D eigenvalue weighted by molar-refractivity contribution is -0.141. The fourth-order valence-corrected chi connectivity index (χ4v) is 3.35. The van der Waals surface area contributed by atoms with Crippen LogP contribution in [0.2, 0.25) is 0 Å². The van der Waals surface area contributed by atoms with Gasteiger partial charge in [-0.05, 0) is 44.9 Å². The van der Waals surface area contributed by atoms with Gasteiger partial charge in [0.05, 0.1) is 0 Å². The van der Waals surface area contributed by atoms with E-state index in [9.17, 15) is 9.59 Å². The largest absolute Gasteiger partial charge is 0.368 e. The molecule has 25 heavy (non-hydrogen) atoms. The number of rotatable bonds is 4. The zero-order valence-electron chi connectivity index (χ0n) is 15.0. The maximum atomic E-state index is 12.4. The summed E-state index contributed by atoms with van der Waals surface area (Å²) in [5.74, 6) is 0.0752. The van der Waals surface area contributed by atoms with Crippen molar-refractivity contribution < 1.29 is 14.3 Å². The first-order valence-corrected chi connectivity index (χ1v) is 9.11.